The van der Waals surface area contributed by atoms with Gasteiger partial charge in [-0.2, -0.15) is 10.4 Å². The van der Waals surface area contributed by atoms with E-state index in [0.717, 1.165) is 0 Å². The summed E-state index contributed by atoms with van der Waals surface area (Å²) in [7, 11) is 1.57. The van der Waals surface area contributed by atoms with Gasteiger partial charge in [-0.05, 0) is 0 Å². The summed E-state index contributed by atoms with van der Waals surface area (Å²) in [5.41, 5.74) is 0.236. The van der Waals surface area contributed by atoms with E-state index in [9.17, 15) is 13.6 Å². The molecule has 1 amide bonds. The largest absolute Gasteiger partial charge is 0.375 e. The molecule has 0 bridgehead atoms. The Kier molecular flexibility index (Phi) is 5.20. The second-order valence-corrected chi connectivity index (χ2v) is 3.41. The van der Waals surface area contributed by atoms with Crippen LogP contribution in [0.15, 0.2) is 6.20 Å². The van der Waals surface area contributed by atoms with Crippen LogP contribution in [-0.4, -0.2) is 35.3 Å². The van der Waals surface area contributed by atoms with Crippen molar-refractivity contribution in [2.24, 2.45) is 7.05 Å². The van der Waals surface area contributed by atoms with Gasteiger partial charge in [-0.3, -0.25) is 9.48 Å². The molecule has 1 N–H and O–H groups in total. The van der Waals surface area contributed by atoms with Gasteiger partial charge in [0.2, 0.25) is 5.91 Å². The quantitative estimate of drug-likeness (QED) is 0.769. The molecule has 1 heterocycles. The van der Waals surface area contributed by atoms with Crippen molar-refractivity contribution in [1.82, 2.24) is 9.78 Å². The maximum Gasteiger partial charge on any atom is 0.261 e. The second kappa shape index (κ2) is 6.66. The molecule has 0 aliphatic rings. The predicted molar refractivity (Wildman–Crippen MR) is 58.0 cm³/mol. The number of aryl methyl sites for hydroxylation is 1. The molecule has 0 aromatic carbocycles. The number of nitrogens with zero attached hydrogens (tertiary/aromatic N) is 3. The number of hydrogen-bond acceptors (Lipinski definition) is 4. The molecule has 0 atom stereocenters. The normalized spacial score (nSPS) is 10.4. The number of carbonyl (C=O) groups is 1. The van der Waals surface area contributed by atoms with Gasteiger partial charge >= 0.3 is 0 Å². The minimum Gasteiger partial charge on any atom is -0.375 e. The van der Waals surface area contributed by atoms with Crippen LogP contribution in [0.4, 0.5) is 14.6 Å². The van der Waals surface area contributed by atoms with Crippen LogP contribution >= 0.6 is 0 Å². The Morgan fingerprint density at radius 2 is 2.44 bits per heavy atom. The fourth-order valence-corrected chi connectivity index (χ4v) is 1.20. The lowest BCUT2D eigenvalue weighted by molar-refractivity contribution is -0.117. The van der Waals surface area contributed by atoms with Gasteiger partial charge in [-0.15, -0.1) is 0 Å². The zero-order valence-electron chi connectivity index (χ0n) is 9.69. The number of carbonyl (C=O) groups excluding carboxylic acids is 1. The summed E-state index contributed by atoms with van der Waals surface area (Å²) in [5.74, 6) is -0.152. The van der Waals surface area contributed by atoms with Gasteiger partial charge in [0.15, 0.2) is 0 Å². The third-order valence-corrected chi connectivity index (χ3v) is 2.03. The first-order chi connectivity index (χ1) is 8.54. The van der Waals surface area contributed by atoms with Gasteiger partial charge in [0.05, 0.1) is 19.2 Å². The second-order valence-electron chi connectivity index (χ2n) is 3.41. The number of amides is 1. The van der Waals surface area contributed by atoms with Gasteiger partial charge < -0.3 is 10.1 Å². The Balaban J connectivity index is 2.41. The maximum atomic E-state index is 11.7. The summed E-state index contributed by atoms with van der Waals surface area (Å²) in [6, 6.07) is 1.88. The van der Waals surface area contributed by atoms with Crippen LogP contribution in [0.1, 0.15) is 12.0 Å². The van der Waals surface area contributed by atoms with Crippen molar-refractivity contribution in [1.29, 1.82) is 5.26 Å². The summed E-state index contributed by atoms with van der Waals surface area (Å²) in [6.45, 7) is -0.793. The summed E-state index contributed by atoms with van der Waals surface area (Å²) >= 11 is 0. The van der Waals surface area contributed by atoms with Gasteiger partial charge in [-0.25, -0.2) is 8.78 Å². The van der Waals surface area contributed by atoms with E-state index in [1.165, 1.54) is 10.9 Å². The fourth-order valence-electron chi connectivity index (χ4n) is 1.20. The SMILES string of the molecule is Cn1ncc(C#N)c1NC(=O)CCOCC(F)F. The fraction of sp³-hybridized carbons (Fsp3) is 0.500. The highest BCUT2D eigenvalue weighted by atomic mass is 19.3. The Labute approximate surface area is 102 Å². The monoisotopic (exact) mass is 258 g/mol. The third kappa shape index (κ3) is 4.10. The Bertz CT molecular complexity index is 453. The number of hydrogen-bond donors (Lipinski definition) is 1. The highest BCUT2D eigenvalue weighted by molar-refractivity contribution is 5.91. The number of rotatable bonds is 6. The average molecular weight is 258 g/mol. The molecule has 0 spiro atoms. The summed E-state index contributed by atoms with van der Waals surface area (Å²) in [6.07, 6.45) is -1.29. The van der Waals surface area contributed by atoms with Crippen molar-refractivity contribution in [3.05, 3.63) is 11.8 Å². The van der Waals surface area contributed by atoms with E-state index in [1.807, 2.05) is 6.07 Å². The molecule has 18 heavy (non-hydrogen) atoms. The number of ether oxygens (including phenoxy) is 1. The first-order valence-electron chi connectivity index (χ1n) is 5.12. The van der Waals surface area contributed by atoms with Crippen molar-refractivity contribution in [3.63, 3.8) is 0 Å². The standard InChI is InChI=1S/C10H12F2N4O2/c1-16-10(7(4-13)5-14-16)15-9(17)2-3-18-6-8(11)12/h5,8H,2-3,6H2,1H3,(H,15,17). The number of anilines is 1. The number of alkyl halides is 2. The molecule has 1 aromatic rings. The van der Waals surface area contributed by atoms with E-state index in [1.54, 1.807) is 7.05 Å². The van der Waals surface area contributed by atoms with E-state index in [4.69, 9.17) is 5.26 Å². The molecule has 0 fully saturated rings. The lowest BCUT2D eigenvalue weighted by atomic mass is 10.3. The average Bonchev–Trinajstić information content (AvgIpc) is 2.66. The van der Waals surface area contributed by atoms with E-state index < -0.39 is 18.9 Å². The van der Waals surface area contributed by atoms with Crippen molar-refractivity contribution in [2.45, 2.75) is 12.8 Å². The highest BCUT2D eigenvalue weighted by Crippen LogP contribution is 2.12. The van der Waals surface area contributed by atoms with Crippen LogP contribution < -0.4 is 5.32 Å². The van der Waals surface area contributed by atoms with Crippen LogP contribution in [0.5, 0.6) is 0 Å². The number of nitriles is 1. The summed E-state index contributed by atoms with van der Waals surface area (Å²) in [5, 5.41) is 15.0. The van der Waals surface area contributed by atoms with Gasteiger partial charge in [0, 0.05) is 7.05 Å². The Hall–Kier alpha value is -2.01. The summed E-state index contributed by atoms with van der Waals surface area (Å²) < 4.78 is 29.4. The zero-order chi connectivity index (χ0) is 13.5. The van der Waals surface area contributed by atoms with E-state index in [0.29, 0.717) is 0 Å². The molecule has 98 valence electrons. The van der Waals surface area contributed by atoms with E-state index in [-0.39, 0.29) is 24.4 Å². The van der Waals surface area contributed by atoms with Crippen LogP contribution in [0.3, 0.4) is 0 Å². The molecule has 8 heteroatoms. The lowest BCUT2D eigenvalue weighted by Crippen LogP contribution is -2.18. The molecule has 0 aliphatic heterocycles. The van der Waals surface area contributed by atoms with Crippen LogP contribution in [0.25, 0.3) is 0 Å². The van der Waals surface area contributed by atoms with Gasteiger partial charge in [-0.1, -0.05) is 0 Å². The van der Waals surface area contributed by atoms with E-state index >= 15 is 0 Å². The number of halogens is 2. The molecule has 0 unspecified atom stereocenters. The lowest BCUT2D eigenvalue weighted by Gasteiger charge is -2.06. The molecule has 1 aromatic heterocycles. The molecule has 1 rings (SSSR count). The van der Waals surface area contributed by atoms with E-state index in [2.05, 4.69) is 15.2 Å². The van der Waals surface area contributed by atoms with Gasteiger partial charge in [0.1, 0.15) is 24.1 Å². The Morgan fingerprint density at radius 3 is 3.06 bits per heavy atom. The van der Waals surface area contributed by atoms with Gasteiger partial charge in [0.25, 0.3) is 6.43 Å². The van der Waals surface area contributed by atoms with Crippen LogP contribution in [0.2, 0.25) is 0 Å². The van der Waals surface area contributed by atoms with Crippen molar-refractivity contribution < 1.29 is 18.3 Å². The molecule has 0 saturated heterocycles. The Morgan fingerprint density at radius 1 is 1.72 bits per heavy atom. The maximum absolute atomic E-state index is 11.7. The molecular weight excluding hydrogens is 246 g/mol. The minimum absolute atomic E-state index is 0.0667. The highest BCUT2D eigenvalue weighted by Gasteiger charge is 2.11. The van der Waals surface area contributed by atoms with Crippen molar-refractivity contribution in [3.8, 4) is 6.07 Å². The number of nitrogens with one attached hydrogen (secondary N) is 1. The predicted octanol–water partition coefficient (Wildman–Crippen LogP) is 0.902. The van der Waals surface area contributed by atoms with Crippen molar-refractivity contribution >= 4 is 11.7 Å². The first-order valence-corrected chi connectivity index (χ1v) is 5.12. The molecule has 0 saturated carbocycles. The van der Waals surface area contributed by atoms with Crippen molar-refractivity contribution in [2.75, 3.05) is 18.5 Å². The molecular formula is C10H12F2N4O2. The molecule has 6 nitrogen and oxygen atoms in total. The first kappa shape index (κ1) is 14.1. The number of aromatic nitrogens is 2. The topological polar surface area (TPSA) is 79.9 Å². The third-order valence-electron chi connectivity index (χ3n) is 2.03. The molecule has 0 radical (unpaired) electrons. The summed E-state index contributed by atoms with van der Waals surface area (Å²) in [4.78, 5) is 11.4. The minimum atomic E-state index is -2.55. The van der Waals surface area contributed by atoms with Crippen LogP contribution in [-0.2, 0) is 16.6 Å². The van der Waals surface area contributed by atoms with Crippen LogP contribution in [0, 0.1) is 11.3 Å². The smallest absolute Gasteiger partial charge is 0.261 e. The zero-order valence-corrected chi connectivity index (χ0v) is 9.69. The molecule has 0 aliphatic carbocycles.